The average Bonchev–Trinajstić information content (AvgIpc) is 2.37. The van der Waals surface area contributed by atoms with Crippen LogP contribution < -0.4 is 10.1 Å². The van der Waals surface area contributed by atoms with Crippen molar-refractivity contribution in [2.45, 2.75) is 32.6 Å². The van der Waals surface area contributed by atoms with Crippen molar-refractivity contribution in [1.29, 1.82) is 0 Å². The highest BCUT2D eigenvalue weighted by Gasteiger charge is 2.42. The normalized spacial score (nSPS) is 11.8. The third kappa shape index (κ3) is 3.68. The number of hydrogen-bond donors (Lipinski definition) is 1. The summed E-state index contributed by atoms with van der Waals surface area (Å²) in [6.07, 6.45) is -3.31. The molecule has 19 heavy (non-hydrogen) atoms. The van der Waals surface area contributed by atoms with Crippen molar-refractivity contribution in [1.82, 2.24) is 9.97 Å². The van der Waals surface area contributed by atoms with Gasteiger partial charge >= 0.3 is 12.3 Å². The standard InChI is InChI=1S/C11H15F4N3O/c1-4-7-17-8(16-3)6(2)9(18-7)19-5-11(14,15)10(12)13/h10H,4-5H2,1-3H3,(H,16,17,18). The van der Waals surface area contributed by atoms with E-state index in [9.17, 15) is 17.6 Å². The third-order valence-corrected chi connectivity index (χ3v) is 2.42. The van der Waals surface area contributed by atoms with Crippen LogP contribution in [0.15, 0.2) is 0 Å². The number of nitrogens with zero attached hydrogens (tertiary/aromatic N) is 2. The zero-order valence-corrected chi connectivity index (χ0v) is 10.8. The molecule has 1 heterocycles. The Morgan fingerprint density at radius 1 is 1.32 bits per heavy atom. The van der Waals surface area contributed by atoms with Gasteiger partial charge in [-0.15, -0.1) is 0 Å². The molecule has 0 aliphatic carbocycles. The van der Waals surface area contributed by atoms with E-state index in [4.69, 9.17) is 4.74 Å². The summed E-state index contributed by atoms with van der Waals surface area (Å²) >= 11 is 0. The van der Waals surface area contributed by atoms with Crippen molar-refractivity contribution in [3.05, 3.63) is 11.4 Å². The predicted octanol–water partition coefficient (Wildman–Crippen LogP) is 2.67. The molecular formula is C11H15F4N3O. The van der Waals surface area contributed by atoms with E-state index in [2.05, 4.69) is 15.3 Å². The Balaban J connectivity index is 2.94. The van der Waals surface area contributed by atoms with Crippen molar-refractivity contribution in [3.63, 3.8) is 0 Å². The molecule has 8 heteroatoms. The molecule has 1 N–H and O–H groups in total. The SMILES string of the molecule is CCc1nc(NC)c(C)c(OCC(F)(F)C(F)F)n1. The Kier molecular flexibility index (Phi) is 4.90. The molecule has 1 aromatic rings. The van der Waals surface area contributed by atoms with Crippen molar-refractivity contribution in [3.8, 4) is 5.88 Å². The van der Waals surface area contributed by atoms with E-state index in [0.29, 0.717) is 23.6 Å². The summed E-state index contributed by atoms with van der Waals surface area (Å²) in [4.78, 5) is 8.02. The first-order valence-electron chi connectivity index (χ1n) is 5.65. The Bertz CT molecular complexity index is 440. The minimum atomic E-state index is -4.20. The van der Waals surface area contributed by atoms with E-state index >= 15 is 0 Å². The van der Waals surface area contributed by atoms with Gasteiger partial charge < -0.3 is 10.1 Å². The first-order valence-corrected chi connectivity index (χ1v) is 5.65. The summed E-state index contributed by atoms with van der Waals surface area (Å²) in [5, 5.41) is 2.76. The molecule has 0 saturated heterocycles. The molecule has 108 valence electrons. The number of halogens is 4. The fraction of sp³-hybridized carbons (Fsp3) is 0.636. The van der Waals surface area contributed by atoms with Crippen LogP contribution in [0.2, 0.25) is 0 Å². The molecule has 0 aliphatic heterocycles. The second kappa shape index (κ2) is 6.03. The van der Waals surface area contributed by atoms with E-state index in [1.54, 1.807) is 20.9 Å². The number of alkyl halides is 4. The summed E-state index contributed by atoms with van der Waals surface area (Å²) in [6.45, 7) is 1.91. The van der Waals surface area contributed by atoms with Crippen LogP contribution in [0.5, 0.6) is 5.88 Å². The number of nitrogens with one attached hydrogen (secondary N) is 1. The fourth-order valence-electron chi connectivity index (χ4n) is 1.31. The smallest absolute Gasteiger partial charge is 0.340 e. The highest BCUT2D eigenvalue weighted by atomic mass is 19.3. The molecular weight excluding hydrogens is 266 g/mol. The minimum Gasteiger partial charge on any atom is -0.471 e. The largest absolute Gasteiger partial charge is 0.471 e. The van der Waals surface area contributed by atoms with Crippen LogP contribution in [-0.2, 0) is 6.42 Å². The molecule has 0 atom stereocenters. The van der Waals surface area contributed by atoms with Crippen molar-refractivity contribution in [2.24, 2.45) is 0 Å². The number of rotatable bonds is 6. The minimum absolute atomic E-state index is 0.114. The summed E-state index contributed by atoms with van der Waals surface area (Å²) in [6, 6.07) is 0. The van der Waals surface area contributed by atoms with Gasteiger partial charge in [0.2, 0.25) is 5.88 Å². The van der Waals surface area contributed by atoms with Gasteiger partial charge in [0.15, 0.2) is 6.61 Å². The average molecular weight is 281 g/mol. The van der Waals surface area contributed by atoms with Crippen LogP contribution in [0, 0.1) is 6.92 Å². The molecule has 0 saturated carbocycles. The van der Waals surface area contributed by atoms with E-state index in [1.165, 1.54) is 0 Å². The number of aryl methyl sites for hydroxylation is 1. The first kappa shape index (κ1) is 15.5. The monoisotopic (exact) mass is 281 g/mol. The second-order valence-electron chi connectivity index (χ2n) is 3.87. The molecule has 0 aromatic carbocycles. The van der Waals surface area contributed by atoms with Gasteiger partial charge in [-0.3, -0.25) is 0 Å². The molecule has 0 aliphatic rings. The topological polar surface area (TPSA) is 47.0 Å². The highest BCUT2D eigenvalue weighted by molar-refractivity contribution is 5.48. The quantitative estimate of drug-likeness (QED) is 0.814. The number of aromatic nitrogens is 2. The maximum Gasteiger partial charge on any atom is 0.340 e. The Hall–Kier alpha value is -1.60. The summed E-state index contributed by atoms with van der Waals surface area (Å²) in [5.41, 5.74) is 0.393. The second-order valence-corrected chi connectivity index (χ2v) is 3.87. The van der Waals surface area contributed by atoms with Gasteiger partial charge in [-0.1, -0.05) is 6.92 Å². The maximum absolute atomic E-state index is 12.8. The van der Waals surface area contributed by atoms with Crippen LogP contribution in [0.25, 0.3) is 0 Å². The predicted molar refractivity (Wildman–Crippen MR) is 62.1 cm³/mol. The number of ether oxygens (including phenoxy) is 1. The summed E-state index contributed by atoms with van der Waals surface area (Å²) < 4.78 is 54.4. The lowest BCUT2D eigenvalue weighted by molar-refractivity contribution is -0.148. The van der Waals surface area contributed by atoms with Crippen LogP contribution in [0.4, 0.5) is 23.4 Å². The Morgan fingerprint density at radius 3 is 2.42 bits per heavy atom. The zero-order chi connectivity index (χ0) is 14.6. The number of hydrogen-bond acceptors (Lipinski definition) is 4. The van der Waals surface area contributed by atoms with Gasteiger partial charge in [-0.25, -0.2) is 13.8 Å². The zero-order valence-electron chi connectivity index (χ0n) is 10.8. The molecule has 0 spiro atoms. The summed E-state index contributed by atoms with van der Waals surface area (Å²) in [5.74, 6) is -3.52. The molecule has 0 fully saturated rings. The molecule has 0 radical (unpaired) electrons. The van der Waals surface area contributed by atoms with Gasteiger partial charge in [-0.2, -0.15) is 13.8 Å². The fourth-order valence-corrected chi connectivity index (χ4v) is 1.31. The van der Waals surface area contributed by atoms with Gasteiger partial charge in [0.25, 0.3) is 0 Å². The van der Waals surface area contributed by atoms with Gasteiger partial charge in [0, 0.05) is 13.5 Å². The molecule has 1 rings (SSSR count). The van der Waals surface area contributed by atoms with Crippen LogP contribution >= 0.6 is 0 Å². The lowest BCUT2D eigenvalue weighted by Crippen LogP contribution is -2.34. The molecule has 1 aromatic heterocycles. The van der Waals surface area contributed by atoms with Crippen LogP contribution in [0.3, 0.4) is 0 Å². The van der Waals surface area contributed by atoms with Crippen molar-refractivity contribution < 1.29 is 22.3 Å². The lowest BCUT2D eigenvalue weighted by Gasteiger charge is -2.17. The van der Waals surface area contributed by atoms with Crippen molar-refractivity contribution in [2.75, 3.05) is 19.0 Å². The van der Waals surface area contributed by atoms with E-state index in [1.807, 2.05) is 0 Å². The molecule has 0 unspecified atom stereocenters. The van der Waals surface area contributed by atoms with Crippen LogP contribution in [-0.4, -0.2) is 36.0 Å². The highest BCUT2D eigenvalue weighted by Crippen LogP contribution is 2.27. The van der Waals surface area contributed by atoms with E-state index in [-0.39, 0.29) is 5.88 Å². The Labute approximate surface area is 108 Å². The van der Waals surface area contributed by atoms with E-state index < -0.39 is 19.0 Å². The first-order chi connectivity index (χ1) is 8.81. The van der Waals surface area contributed by atoms with E-state index in [0.717, 1.165) is 0 Å². The van der Waals surface area contributed by atoms with Gasteiger partial charge in [-0.05, 0) is 6.92 Å². The van der Waals surface area contributed by atoms with Gasteiger partial charge in [0.1, 0.15) is 11.6 Å². The third-order valence-electron chi connectivity index (χ3n) is 2.42. The van der Waals surface area contributed by atoms with Crippen LogP contribution in [0.1, 0.15) is 18.3 Å². The number of anilines is 1. The molecule has 0 bridgehead atoms. The van der Waals surface area contributed by atoms with Gasteiger partial charge in [0.05, 0.1) is 5.56 Å². The lowest BCUT2D eigenvalue weighted by atomic mass is 10.3. The Morgan fingerprint density at radius 2 is 1.95 bits per heavy atom. The molecule has 0 amide bonds. The molecule has 4 nitrogen and oxygen atoms in total. The maximum atomic E-state index is 12.8. The summed E-state index contributed by atoms with van der Waals surface area (Å²) in [7, 11) is 1.60. The van der Waals surface area contributed by atoms with Crippen molar-refractivity contribution >= 4 is 5.82 Å².